The smallest absolute Gasteiger partial charge is 0.307 e. The first-order valence-corrected chi connectivity index (χ1v) is 4.29. The molecule has 0 aliphatic carbocycles. The number of nitriles is 2. The fraction of sp³-hybridized carbons (Fsp3) is 0. The van der Waals surface area contributed by atoms with E-state index < -0.39 is 39.1 Å². The molecule has 1 aromatic carbocycles. The lowest BCUT2D eigenvalue weighted by atomic mass is 10.1. The molecule has 0 unspecified atom stereocenters. The van der Waals surface area contributed by atoms with Gasteiger partial charge in [-0.1, -0.05) is 0 Å². The maximum absolute atomic E-state index is 13.4. The van der Waals surface area contributed by atoms with Gasteiger partial charge in [-0.2, -0.15) is 14.9 Å². The monoisotopic (exact) mass is 251 g/mol. The normalized spacial score (nSPS) is 9.11. The van der Waals surface area contributed by atoms with E-state index in [1.165, 1.54) is 12.1 Å². The van der Waals surface area contributed by atoms with Crippen molar-refractivity contribution in [3.05, 3.63) is 45.0 Å². The van der Waals surface area contributed by atoms with Crippen molar-refractivity contribution < 1.29 is 18.8 Å². The summed E-state index contributed by atoms with van der Waals surface area (Å²) in [6.45, 7) is 0. The van der Waals surface area contributed by atoms with Crippen LogP contribution in [0.25, 0.3) is 5.76 Å². The van der Waals surface area contributed by atoms with Crippen LogP contribution in [-0.2, 0) is 0 Å². The number of hydrogen-bond donors (Lipinski definition) is 1. The molecule has 0 saturated heterocycles. The summed E-state index contributed by atoms with van der Waals surface area (Å²) in [5.74, 6) is -3.78. The van der Waals surface area contributed by atoms with E-state index >= 15 is 0 Å². The molecule has 0 fully saturated rings. The molecule has 1 N–H and O–H groups in total. The molecular weight excluding hydrogens is 248 g/mol. The van der Waals surface area contributed by atoms with Crippen LogP contribution in [0.5, 0.6) is 0 Å². The molecular formula is C10H3F2N3O3. The van der Waals surface area contributed by atoms with Gasteiger partial charge in [0.25, 0.3) is 0 Å². The molecule has 18 heavy (non-hydrogen) atoms. The van der Waals surface area contributed by atoms with E-state index in [9.17, 15) is 24.0 Å². The number of aliphatic hydroxyl groups excluding tert-OH is 1. The number of nitro groups is 1. The Kier molecular flexibility index (Phi) is 3.55. The van der Waals surface area contributed by atoms with Crippen molar-refractivity contribution in [2.24, 2.45) is 0 Å². The lowest BCUT2D eigenvalue weighted by molar-refractivity contribution is -0.387. The van der Waals surface area contributed by atoms with Crippen molar-refractivity contribution >= 4 is 11.4 Å². The van der Waals surface area contributed by atoms with Crippen LogP contribution in [0, 0.1) is 44.4 Å². The molecule has 6 nitrogen and oxygen atoms in total. The van der Waals surface area contributed by atoms with Crippen molar-refractivity contribution in [2.75, 3.05) is 0 Å². The van der Waals surface area contributed by atoms with Crippen LogP contribution in [0.4, 0.5) is 14.5 Å². The van der Waals surface area contributed by atoms with Gasteiger partial charge < -0.3 is 5.11 Å². The third-order valence-corrected chi connectivity index (χ3v) is 1.95. The predicted octanol–water partition coefficient (Wildman–Crippen LogP) is 2.19. The second kappa shape index (κ2) is 4.89. The summed E-state index contributed by atoms with van der Waals surface area (Å²) in [6, 6.07) is 3.16. The Morgan fingerprint density at radius 3 is 2.28 bits per heavy atom. The average molecular weight is 251 g/mol. The summed E-state index contributed by atoms with van der Waals surface area (Å²) in [4.78, 5) is 9.18. The molecule has 0 amide bonds. The second-order valence-corrected chi connectivity index (χ2v) is 2.99. The van der Waals surface area contributed by atoms with Crippen molar-refractivity contribution in [2.45, 2.75) is 0 Å². The highest BCUT2D eigenvalue weighted by Gasteiger charge is 2.21. The Bertz CT molecular complexity index is 625. The standard InChI is InChI=1S/C10H3F2N3O3/c11-7-2-9(15(17)18)8(12)1-6(7)10(16)5(3-13)4-14/h1-2,16H. The molecule has 0 heterocycles. The molecule has 0 radical (unpaired) electrons. The van der Waals surface area contributed by atoms with Crippen LogP contribution in [0.15, 0.2) is 17.7 Å². The molecule has 0 aliphatic heterocycles. The molecule has 0 aromatic heterocycles. The highest BCUT2D eigenvalue weighted by molar-refractivity contribution is 5.70. The Morgan fingerprint density at radius 2 is 1.83 bits per heavy atom. The number of hydrogen-bond acceptors (Lipinski definition) is 5. The molecule has 0 bridgehead atoms. The Morgan fingerprint density at radius 1 is 1.28 bits per heavy atom. The van der Waals surface area contributed by atoms with Crippen molar-refractivity contribution in [1.29, 1.82) is 10.5 Å². The van der Waals surface area contributed by atoms with E-state index in [1.807, 2.05) is 0 Å². The number of nitro benzene ring substituents is 1. The van der Waals surface area contributed by atoms with E-state index in [4.69, 9.17) is 10.5 Å². The number of nitrogens with zero attached hydrogens (tertiary/aromatic N) is 3. The summed E-state index contributed by atoms with van der Waals surface area (Å²) < 4.78 is 26.6. The van der Waals surface area contributed by atoms with Crippen LogP contribution in [0.2, 0.25) is 0 Å². The quantitative estimate of drug-likeness (QED) is 0.374. The molecule has 0 atom stereocenters. The van der Waals surface area contributed by atoms with Gasteiger partial charge in [0.15, 0.2) is 11.3 Å². The summed E-state index contributed by atoms with van der Waals surface area (Å²) in [6.07, 6.45) is 0. The van der Waals surface area contributed by atoms with Crippen LogP contribution in [-0.4, -0.2) is 10.0 Å². The number of benzene rings is 1. The zero-order valence-corrected chi connectivity index (χ0v) is 8.52. The molecule has 0 spiro atoms. The summed E-state index contributed by atoms with van der Waals surface area (Å²) in [5, 5.41) is 36.6. The Hall–Kier alpha value is -3.00. The van der Waals surface area contributed by atoms with Crippen LogP contribution in [0.3, 0.4) is 0 Å². The van der Waals surface area contributed by atoms with Gasteiger partial charge in [0, 0.05) is 0 Å². The maximum atomic E-state index is 13.4. The lowest BCUT2D eigenvalue weighted by Gasteiger charge is -2.03. The van der Waals surface area contributed by atoms with Crippen molar-refractivity contribution in [3.63, 3.8) is 0 Å². The number of halogens is 2. The van der Waals surface area contributed by atoms with E-state index in [-0.39, 0.29) is 6.07 Å². The molecule has 8 heteroatoms. The first-order valence-electron chi connectivity index (χ1n) is 4.29. The average Bonchev–Trinajstić information content (AvgIpc) is 2.32. The minimum atomic E-state index is -1.39. The topological polar surface area (TPSA) is 111 Å². The highest BCUT2D eigenvalue weighted by Crippen LogP contribution is 2.26. The molecule has 90 valence electrons. The van der Waals surface area contributed by atoms with Gasteiger partial charge in [0.05, 0.1) is 16.6 Å². The summed E-state index contributed by atoms with van der Waals surface area (Å²) in [7, 11) is 0. The van der Waals surface area contributed by atoms with Gasteiger partial charge in [-0.15, -0.1) is 0 Å². The van der Waals surface area contributed by atoms with Crippen molar-refractivity contribution in [1.82, 2.24) is 0 Å². The SMILES string of the molecule is N#CC(C#N)=C(O)c1cc(F)c([N+](=O)[O-])cc1F. The van der Waals surface area contributed by atoms with E-state index in [0.29, 0.717) is 6.07 Å². The number of aliphatic hydroxyl groups is 1. The van der Waals surface area contributed by atoms with E-state index in [0.717, 1.165) is 0 Å². The fourth-order valence-electron chi connectivity index (χ4n) is 1.12. The van der Waals surface area contributed by atoms with E-state index in [1.54, 1.807) is 0 Å². The zero-order chi connectivity index (χ0) is 13.9. The van der Waals surface area contributed by atoms with Gasteiger partial charge in [-0.25, -0.2) is 4.39 Å². The minimum absolute atomic E-state index is 0.257. The van der Waals surface area contributed by atoms with Gasteiger partial charge in [0.1, 0.15) is 18.0 Å². The Balaban J connectivity index is 3.53. The third kappa shape index (κ3) is 2.23. The van der Waals surface area contributed by atoms with Gasteiger partial charge in [0.2, 0.25) is 5.82 Å². The number of rotatable bonds is 2. The zero-order valence-electron chi connectivity index (χ0n) is 8.52. The van der Waals surface area contributed by atoms with Crippen LogP contribution >= 0.6 is 0 Å². The fourth-order valence-corrected chi connectivity index (χ4v) is 1.12. The molecule has 1 aromatic rings. The minimum Gasteiger partial charge on any atom is -0.505 e. The van der Waals surface area contributed by atoms with Gasteiger partial charge >= 0.3 is 5.69 Å². The number of allylic oxidation sites excluding steroid dienone is 1. The molecule has 0 aliphatic rings. The Labute approximate surface area is 98.8 Å². The first-order chi connectivity index (χ1) is 8.42. The first kappa shape index (κ1) is 13.1. The van der Waals surface area contributed by atoms with Gasteiger partial charge in [-0.3, -0.25) is 10.1 Å². The van der Waals surface area contributed by atoms with Crippen molar-refractivity contribution in [3.8, 4) is 12.1 Å². The highest BCUT2D eigenvalue weighted by atomic mass is 19.1. The predicted molar refractivity (Wildman–Crippen MR) is 53.8 cm³/mol. The molecule has 0 saturated carbocycles. The van der Waals surface area contributed by atoms with Gasteiger partial charge in [-0.05, 0) is 6.07 Å². The van der Waals surface area contributed by atoms with E-state index in [2.05, 4.69) is 0 Å². The maximum Gasteiger partial charge on any atom is 0.307 e. The third-order valence-electron chi connectivity index (χ3n) is 1.95. The summed E-state index contributed by atoms with van der Waals surface area (Å²) in [5.41, 5.74) is -2.74. The van der Waals surface area contributed by atoms with Crippen LogP contribution < -0.4 is 0 Å². The second-order valence-electron chi connectivity index (χ2n) is 2.99. The largest absolute Gasteiger partial charge is 0.505 e. The summed E-state index contributed by atoms with van der Waals surface area (Å²) >= 11 is 0. The lowest BCUT2D eigenvalue weighted by Crippen LogP contribution is -1.99. The molecule has 1 rings (SSSR count). The van der Waals surface area contributed by atoms with Crippen LogP contribution in [0.1, 0.15) is 5.56 Å².